The number of esters is 2. The summed E-state index contributed by atoms with van der Waals surface area (Å²) in [4.78, 5) is 29.8. The summed E-state index contributed by atoms with van der Waals surface area (Å²) in [5, 5.41) is 0. The first-order chi connectivity index (χ1) is 21.0. The first-order valence-electron chi connectivity index (χ1n) is 17.3. The molecule has 10 heteroatoms. The summed E-state index contributed by atoms with van der Waals surface area (Å²) in [5.74, 6) is -1.77. The van der Waals surface area contributed by atoms with Gasteiger partial charge in [-0.1, -0.05) is 13.8 Å². The van der Waals surface area contributed by atoms with Crippen molar-refractivity contribution >= 4 is 11.9 Å². The van der Waals surface area contributed by atoms with E-state index in [9.17, 15) is 9.59 Å². The molecule has 0 unspecified atom stereocenters. The van der Waals surface area contributed by atoms with E-state index in [0.29, 0.717) is 39.3 Å². The molecule has 4 aliphatic rings. The van der Waals surface area contributed by atoms with Gasteiger partial charge in [-0.05, 0) is 82.3 Å². The van der Waals surface area contributed by atoms with E-state index in [2.05, 4.69) is 79.3 Å². The van der Waals surface area contributed by atoms with Gasteiger partial charge in [0.25, 0.3) is 0 Å². The second-order valence-electron chi connectivity index (χ2n) is 18.2. The molecular weight excluding hydrogens is 588 g/mol. The number of carbonyl (C=O) groups excluding carboxylic acids is 2. The highest BCUT2D eigenvalue weighted by atomic mass is 16.7. The zero-order chi connectivity index (χ0) is 34.5. The van der Waals surface area contributed by atoms with Crippen molar-refractivity contribution in [1.82, 2.24) is 9.80 Å². The summed E-state index contributed by atoms with van der Waals surface area (Å²) < 4.78 is 36.9. The van der Waals surface area contributed by atoms with Crippen LogP contribution in [0.25, 0.3) is 0 Å². The smallest absolute Gasteiger partial charge is 0.305 e. The van der Waals surface area contributed by atoms with Crippen LogP contribution in [0.4, 0.5) is 0 Å². The van der Waals surface area contributed by atoms with E-state index >= 15 is 0 Å². The Balaban J connectivity index is 1.11. The normalized spacial score (nSPS) is 28.9. The van der Waals surface area contributed by atoms with Gasteiger partial charge in [0.2, 0.25) is 0 Å². The van der Waals surface area contributed by atoms with E-state index in [-0.39, 0.29) is 60.1 Å². The first-order valence-corrected chi connectivity index (χ1v) is 17.3. The van der Waals surface area contributed by atoms with Gasteiger partial charge in [0.05, 0.1) is 26.4 Å². The zero-order valence-electron chi connectivity index (χ0n) is 31.1. The minimum atomic E-state index is -0.616. The molecule has 2 spiro atoms. The molecule has 0 N–H and O–H groups in total. The van der Waals surface area contributed by atoms with Gasteiger partial charge in [0, 0.05) is 71.5 Å². The lowest BCUT2D eigenvalue weighted by molar-refractivity contribution is -0.342. The van der Waals surface area contributed by atoms with Crippen molar-refractivity contribution in [2.75, 3.05) is 53.7 Å². The van der Waals surface area contributed by atoms with Gasteiger partial charge in [0.15, 0.2) is 11.6 Å². The van der Waals surface area contributed by atoms with Gasteiger partial charge in [0.1, 0.15) is 13.2 Å². The predicted molar refractivity (Wildman–Crippen MR) is 176 cm³/mol. The fraction of sp³-hybridized carbons (Fsp3) is 0.944. The Labute approximate surface area is 278 Å². The maximum Gasteiger partial charge on any atom is 0.305 e. The lowest BCUT2D eigenvalue weighted by Crippen LogP contribution is -2.67. The Morgan fingerprint density at radius 3 is 1.04 bits per heavy atom. The van der Waals surface area contributed by atoms with Crippen LogP contribution in [0.1, 0.15) is 121 Å². The molecule has 10 nitrogen and oxygen atoms in total. The fourth-order valence-electron chi connectivity index (χ4n) is 8.03. The van der Waals surface area contributed by atoms with Crippen molar-refractivity contribution in [1.29, 1.82) is 0 Å². The van der Waals surface area contributed by atoms with Crippen LogP contribution in [0.15, 0.2) is 0 Å². The molecule has 4 aliphatic heterocycles. The second kappa shape index (κ2) is 12.9. The topological polar surface area (TPSA) is 96.0 Å². The highest BCUT2D eigenvalue weighted by Gasteiger charge is 2.56. The van der Waals surface area contributed by atoms with E-state index in [1.165, 1.54) is 0 Å². The van der Waals surface area contributed by atoms with Crippen LogP contribution in [0.3, 0.4) is 0 Å². The molecular formula is C36H64N2O8. The molecule has 4 heterocycles. The number of unbranched alkanes of at least 4 members (excludes halogenated alkanes) is 1. The van der Waals surface area contributed by atoms with Crippen LogP contribution < -0.4 is 0 Å². The van der Waals surface area contributed by atoms with Crippen molar-refractivity contribution in [2.24, 2.45) is 10.8 Å². The summed E-state index contributed by atoms with van der Waals surface area (Å²) in [6, 6.07) is 0. The SMILES string of the molecule is CN1C(C)(C)CC2(CC1(C)C)OCC(C)(COC(=O)CCCCC(=O)OCC1(C)COC3(CC(C)(C)N(C)C(C)(C)C3)OC1)CO2. The average Bonchev–Trinajstić information content (AvgIpc) is 2.94. The molecule has 0 radical (unpaired) electrons. The molecule has 4 saturated heterocycles. The number of rotatable bonds is 9. The quantitative estimate of drug-likeness (QED) is 0.228. The Kier molecular flexibility index (Phi) is 10.5. The van der Waals surface area contributed by atoms with Crippen LogP contribution in [-0.4, -0.2) is 109 Å². The maximum atomic E-state index is 12.5. The van der Waals surface area contributed by atoms with Crippen molar-refractivity contribution in [3.63, 3.8) is 0 Å². The van der Waals surface area contributed by atoms with Gasteiger partial charge in [-0.25, -0.2) is 0 Å². The Morgan fingerprint density at radius 1 is 0.522 bits per heavy atom. The van der Waals surface area contributed by atoms with Crippen LogP contribution in [0.2, 0.25) is 0 Å². The third kappa shape index (κ3) is 8.46. The van der Waals surface area contributed by atoms with Gasteiger partial charge in [-0.2, -0.15) is 0 Å². The molecule has 46 heavy (non-hydrogen) atoms. The third-order valence-electron chi connectivity index (χ3n) is 11.3. The van der Waals surface area contributed by atoms with Crippen LogP contribution in [0.5, 0.6) is 0 Å². The summed E-state index contributed by atoms with van der Waals surface area (Å²) >= 11 is 0. The minimum Gasteiger partial charge on any atom is -0.465 e. The summed E-state index contributed by atoms with van der Waals surface area (Å²) in [7, 11) is 4.33. The van der Waals surface area contributed by atoms with E-state index < -0.39 is 22.4 Å². The number of ether oxygens (including phenoxy) is 6. The predicted octanol–water partition coefficient (Wildman–Crippen LogP) is 5.70. The number of hydrogen-bond acceptors (Lipinski definition) is 10. The van der Waals surface area contributed by atoms with Gasteiger partial charge >= 0.3 is 11.9 Å². The number of nitrogens with zero attached hydrogens (tertiary/aromatic N) is 2. The lowest BCUT2D eigenvalue weighted by atomic mass is 9.75. The summed E-state index contributed by atoms with van der Waals surface area (Å²) in [6.07, 6.45) is 4.78. The largest absolute Gasteiger partial charge is 0.465 e. The van der Waals surface area contributed by atoms with Gasteiger partial charge in [-0.15, -0.1) is 0 Å². The summed E-state index contributed by atoms with van der Waals surface area (Å²) in [5.41, 5.74) is -1.03. The van der Waals surface area contributed by atoms with E-state index in [0.717, 1.165) is 25.7 Å². The van der Waals surface area contributed by atoms with E-state index in [1.54, 1.807) is 0 Å². The van der Waals surface area contributed by atoms with Crippen LogP contribution in [-0.2, 0) is 38.0 Å². The van der Waals surface area contributed by atoms with Crippen molar-refractivity contribution in [3.05, 3.63) is 0 Å². The number of hydrogen-bond donors (Lipinski definition) is 0. The van der Waals surface area contributed by atoms with E-state index in [4.69, 9.17) is 28.4 Å². The lowest BCUT2D eigenvalue weighted by Gasteiger charge is -2.59. The summed E-state index contributed by atoms with van der Waals surface area (Å²) in [6.45, 7) is 24.3. The minimum absolute atomic E-state index is 0.0595. The maximum absolute atomic E-state index is 12.5. The molecule has 4 fully saturated rings. The Morgan fingerprint density at radius 2 is 0.783 bits per heavy atom. The highest BCUT2D eigenvalue weighted by Crippen LogP contribution is 2.49. The monoisotopic (exact) mass is 652 g/mol. The Hall–Kier alpha value is -1.30. The second-order valence-corrected chi connectivity index (χ2v) is 18.2. The van der Waals surface area contributed by atoms with Crippen molar-refractivity contribution in [2.45, 2.75) is 154 Å². The molecule has 0 saturated carbocycles. The molecule has 0 aromatic rings. The number of piperidine rings is 2. The van der Waals surface area contributed by atoms with E-state index in [1.807, 2.05) is 13.8 Å². The number of likely N-dealkylation sites (tertiary alicyclic amines) is 2. The first kappa shape index (κ1) is 37.5. The van der Waals surface area contributed by atoms with Gasteiger partial charge < -0.3 is 28.4 Å². The van der Waals surface area contributed by atoms with Gasteiger partial charge in [-0.3, -0.25) is 19.4 Å². The molecule has 0 aromatic heterocycles. The fourth-order valence-corrected chi connectivity index (χ4v) is 8.03. The zero-order valence-corrected chi connectivity index (χ0v) is 31.1. The Bertz CT molecular complexity index is 973. The molecule has 266 valence electrons. The van der Waals surface area contributed by atoms with Crippen molar-refractivity contribution < 1.29 is 38.0 Å². The average molecular weight is 653 g/mol. The molecule has 0 aromatic carbocycles. The van der Waals surface area contributed by atoms with Crippen LogP contribution >= 0.6 is 0 Å². The molecule has 0 aliphatic carbocycles. The standard InChI is InChI=1S/C36H64N2O8/c1-29(2)17-35(18-30(3,4)37(29)11)43-23-33(9,24-44-35)21-41-27(39)15-13-14-16-28(40)42-22-34(10)25-45-36(46-26-34)19-31(5,6)38(12)32(7,8)20-36/h13-26H2,1-12H3. The van der Waals surface area contributed by atoms with Crippen molar-refractivity contribution in [3.8, 4) is 0 Å². The number of carbonyl (C=O) groups is 2. The molecule has 0 atom stereocenters. The molecule has 0 amide bonds. The molecule has 4 rings (SSSR count). The highest BCUT2D eigenvalue weighted by molar-refractivity contribution is 5.70. The third-order valence-corrected chi connectivity index (χ3v) is 11.3. The molecule has 0 bridgehead atoms. The van der Waals surface area contributed by atoms with Crippen LogP contribution in [0, 0.1) is 10.8 Å².